The number of carboxylic acid groups (broad SMARTS) is 2. The van der Waals surface area contributed by atoms with Gasteiger partial charge in [0.05, 0.1) is 46.2 Å². The number of hydrogen-bond acceptors (Lipinski definition) is 10. The van der Waals surface area contributed by atoms with Crippen molar-refractivity contribution < 1.29 is 47.6 Å². The summed E-state index contributed by atoms with van der Waals surface area (Å²) in [5.41, 5.74) is 6.33. The van der Waals surface area contributed by atoms with Crippen molar-refractivity contribution in [2.24, 2.45) is 11.8 Å². The topological polar surface area (TPSA) is 222 Å². The molecular formula is C59H68F2N10O8. The summed E-state index contributed by atoms with van der Waals surface area (Å²) in [4.78, 5) is 76.9. The first-order valence-corrected chi connectivity index (χ1v) is 28.3. The van der Waals surface area contributed by atoms with Gasteiger partial charge in [0.25, 0.3) is 0 Å². The van der Waals surface area contributed by atoms with Crippen LogP contribution in [0.15, 0.2) is 78.9 Å². The monoisotopic (exact) mass is 1080 g/mol. The van der Waals surface area contributed by atoms with Gasteiger partial charge in [0.1, 0.15) is 29.4 Å². The number of nitrogens with zero attached hydrogens (tertiary/aromatic N) is 6. The lowest BCUT2D eigenvalue weighted by Gasteiger charge is -2.36. The standard InChI is InChI=1S/C59H68F2N10O8/c60-41-32-40(33-42(61)53(41)68-24-16-35(17-25-68)34-6-2-1-3-7-34)71-47(38-10-12-43-45(30-38)64-54(62-43)49-8-4-22-69(49)56(72)51(66-58(74)75)36-18-26-78-27-19-36)14-15-48(71)39-11-13-44-46(31-39)65-55(63-44)50-9-5-23-70(50)57(73)52(67-59(76)77)37-20-28-79-29-21-37/h1-3,6-7,10-13,30-33,35-37,47-52,66-67H,4-5,8-9,14-29H2,(H,62,64)(H,63,65)(H,74,75)(H,76,77)/t47-,48-,49+,50+,51+,52+/m1/s1. The average Bonchev–Trinajstić information content (AvgIpc) is 4.37. The van der Waals surface area contributed by atoms with Crippen molar-refractivity contribution in [2.75, 3.05) is 62.4 Å². The number of benzene rings is 4. The molecule has 6 aliphatic rings. The maximum atomic E-state index is 16.9. The first-order valence-electron chi connectivity index (χ1n) is 28.3. The van der Waals surface area contributed by atoms with Crippen LogP contribution < -0.4 is 20.4 Å². The molecule has 0 unspecified atom stereocenters. The maximum Gasteiger partial charge on any atom is 0.405 e. The van der Waals surface area contributed by atoms with Crippen LogP contribution >= 0.6 is 0 Å². The number of ether oxygens (including phenoxy) is 2. The zero-order valence-corrected chi connectivity index (χ0v) is 44.1. The summed E-state index contributed by atoms with van der Waals surface area (Å²) in [5.74, 6) is -0.612. The van der Waals surface area contributed by atoms with Crippen LogP contribution in [-0.2, 0) is 19.1 Å². The molecule has 6 aliphatic heterocycles. The lowest BCUT2D eigenvalue weighted by molar-refractivity contribution is -0.137. The molecule has 0 spiro atoms. The lowest BCUT2D eigenvalue weighted by atomic mass is 9.89. The number of carbonyl (C=O) groups is 4. The molecule has 0 bridgehead atoms. The van der Waals surface area contributed by atoms with Gasteiger partial charge in [0, 0.05) is 58.3 Å². The number of fused-ring (bicyclic) bond motifs is 2. The van der Waals surface area contributed by atoms with Crippen molar-refractivity contribution in [1.82, 2.24) is 40.4 Å². The number of H-pyrrole nitrogens is 2. The lowest BCUT2D eigenvalue weighted by Crippen LogP contribution is -2.52. The normalized spacial score (nSPS) is 23.4. The van der Waals surface area contributed by atoms with E-state index in [2.05, 4.69) is 37.6 Å². The van der Waals surface area contributed by atoms with Crippen LogP contribution in [0, 0.1) is 23.5 Å². The van der Waals surface area contributed by atoms with Gasteiger partial charge in [-0.3, -0.25) is 9.59 Å². The van der Waals surface area contributed by atoms with Gasteiger partial charge in [-0.05, 0) is 148 Å². The fourth-order valence-corrected chi connectivity index (χ4v) is 13.9. The van der Waals surface area contributed by atoms with E-state index in [0.29, 0.717) is 138 Å². The van der Waals surface area contributed by atoms with Crippen LogP contribution in [0.25, 0.3) is 22.1 Å². The van der Waals surface area contributed by atoms with E-state index in [1.165, 1.54) is 17.7 Å². The Balaban J connectivity index is 0.849. The number of aromatic amines is 2. The summed E-state index contributed by atoms with van der Waals surface area (Å²) >= 11 is 0. The summed E-state index contributed by atoms with van der Waals surface area (Å²) in [5, 5.41) is 24.6. The highest BCUT2D eigenvalue weighted by Gasteiger charge is 2.43. The van der Waals surface area contributed by atoms with Crippen LogP contribution in [-0.4, -0.2) is 129 Å². The van der Waals surface area contributed by atoms with Crippen molar-refractivity contribution >= 4 is 57.4 Å². The summed E-state index contributed by atoms with van der Waals surface area (Å²) in [6, 6.07) is 22.0. The molecule has 6 aromatic rings. The van der Waals surface area contributed by atoms with Crippen molar-refractivity contribution in [3.63, 3.8) is 0 Å². The van der Waals surface area contributed by atoms with E-state index >= 15 is 8.78 Å². The Morgan fingerprint density at radius 1 is 0.557 bits per heavy atom. The number of halogens is 2. The molecule has 4 amide bonds. The van der Waals surface area contributed by atoms with Gasteiger partial charge >= 0.3 is 12.2 Å². The highest BCUT2D eigenvalue weighted by Crippen LogP contribution is 2.49. The molecule has 0 saturated carbocycles. The quantitative estimate of drug-likeness (QED) is 0.0637. The number of anilines is 2. The number of amides is 4. The van der Waals surface area contributed by atoms with E-state index in [1.807, 2.05) is 59.5 Å². The molecule has 6 atom stereocenters. The SMILES string of the molecule is O=C(O)N[C@H](C(=O)N1CCC[C@H]1c1nc2ccc([C@H]3CC[C@H](c4ccc5nc([C@@H]6CCCN6C(=O)[C@@H](NC(=O)O)C6CCOCC6)[nH]c5c4)N3c3cc(F)c(N4CCC(c5ccccc5)CC4)c(F)c3)cc2[nH]1)C1CCOCC1. The van der Waals surface area contributed by atoms with Crippen LogP contribution in [0.2, 0.25) is 0 Å². The molecule has 6 N–H and O–H groups in total. The zero-order chi connectivity index (χ0) is 54.3. The average molecular weight is 1080 g/mol. The van der Waals surface area contributed by atoms with Crippen LogP contribution in [0.5, 0.6) is 0 Å². The largest absolute Gasteiger partial charge is 0.465 e. The maximum absolute atomic E-state index is 16.9. The molecule has 2 aromatic heterocycles. The number of imidazole rings is 2. The predicted octanol–water partition coefficient (Wildman–Crippen LogP) is 9.64. The van der Waals surface area contributed by atoms with Crippen molar-refractivity contribution in [1.29, 1.82) is 0 Å². The summed E-state index contributed by atoms with van der Waals surface area (Å²) in [6.45, 7) is 3.84. The van der Waals surface area contributed by atoms with Crippen LogP contribution in [0.3, 0.4) is 0 Å². The summed E-state index contributed by atoms with van der Waals surface area (Å²) in [6.07, 6.45) is 5.45. The Hall–Kier alpha value is -7.32. The summed E-state index contributed by atoms with van der Waals surface area (Å²) in [7, 11) is 0. The second-order valence-corrected chi connectivity index (χ2v) is 22.4. The molecule has 416 valence electrons. The fourth-order valence-electron chi connectivity index (χ4n) is 13.9. The van der Waals surface area contributed by atoms with Crippen molar-refractivity contribution in [3.05, 3.63) is 119 Å². The molecule has 18 nitrogen and oxygen atoms in total. The van der Waals surface area contributed by atoms with E-state index in [-0.39, 0.29) is 53.5 Å². The van der Waals surface area contributed by atoms with E-state index in [1.54, 1.807) is 9.80 Å². The molecule has 79 heavy (non-hydrogen) atoms. The molecule has 0 aliphatic carbocycles. The molecule has 20 heteroatoms. The molecule has 0 radical (unpaired) electrons. The highest BCUT2D eigenvalue weighted by molar-refractivity contribution is 5.87. The molecule has 4 aromatic carbocycles. The number of aromatic nitrogens is 4. The number of piperidine rings is 1. The van der Waals surface area contributed by atoms with Gasteiger partial charge in [-0.25, -0.2) is 28.3 Å². The first-order chi connectivity index (χ1) is 38.4. The minimum Gasteiger partial charge on any atom is -0.465 e. The number of nitrogens with one attached hydrogen (secondary N) is 4. The smallest absolute Gasteiger partial charge is 0.405 e. The third-order valence-corrected chi connectivity index (χ3v) is 17.9. The van der Waals surface area contributed by atoms with Crippen molar-refractivity contribution in [2.45, 2.75) is 119 Å². The Kier molecular flexibility index (Phi) is 14.9. The number of hydrogen-bond donors (Lipinski definition) is 6. The zero-order valence-electron chi connectivity index (χ0n) is 44.1. The van der Waals surface area contributed by atoms with E-state index < -0.39 is 35.9 Å². The number of carbonyl (C=O) groups excluding carboxylic acids is 2. The predicted molar refractivity (Wildman–Crippen MR) is 291 cm³/mol. The van der Waals surface area contributed by atoms with Gasteiger partial charge < -0.3 is 59.9 Å². The minimum absolute atomic E-state index is 0.0186. The second kappa shape index (κ2) is 22.4. The van der Waals surface area contributed by atoms with Gasteiger partial charge in [-0.15, -0.1) is 0 Å². The highest BCUT2D eigenvalue weighted by atomic mass is 19.1. The fraction of sp³-hybridized carbons (Fsp3) is 0.492. The Morgan fingerprint density at radius 3 is 1.48 bits per heavy atom. The molecular weight excluding hydrogens is 1010 g/mol. The van der Waals surface area contributed by atoms with Crippen LogP contribution in [0.1, 0.15) is 135 Å². The van der Waals surface area contributed by atoms with E-state index in [0.717, 1.165) is 47.8 Å². The molecule has 6 saturated heterocycles. The van der Waals surface area contributed by atoms with Gasteiger partial charge in [-0.1, -0.05) is 42.5 Å². The third-order valence-electron chi connectivity index (χ3n) is 17.9. The van der Waals surface area contributed by atoms with Crippen molar-refractivity contribution in [3.8, 4) is 0 Å². The molecule has 8 heterocycles. The Bertz CT molecular complexity index is 3030. The van der Waals surface area contributed by atoms with Gasteiger partial charge in [0.2, 0.25) is 11.8 Å². The Labute approximate surface area is 456 Å². The third kappa shape index (κ3) is 10.6. The Morgan fingerprint density at radius 2 is 1.03 bits per heavy atom. The number of likely N-dealkylation sites (tertiary alicyclic amines) is 2. The number of rotatable bonds is 13. The molecule has 6 fully saturated rings. The van der Waals surface area contributed by atoms with Gasteiger partial charge in [-0.2, -0.15) is 0 Å². The van der Waals surface area contributed by atoms with E-state index in [9.17, 15) is 29.4 Å². The summed E-state index contributed by atoms with van der Waals surface area (Å²) < 4.78 is 44.8. The second-order valence-electron chi connectivity index (χ2n) is 22.4. The first kappa shape index (κ1) is 52.4. The van der Waals surface area contributed by atoms with Gasteiger partial charge in [0.15, 0.2) is 11.6 Å². The minimum atomic E-state index is -1.24. The van der Waals surface area contributed by atoms with Crippen LogP contribution in [0.4, 0.5) is 29.7 Å². The molecule has 12 rings (SSSR count). The van der Waals surface area contributed by atoms with E-state index in [4.69, 9.17) is 19.4 Å².